The molecule has 3 unspecified atom stereocenters. The van der Waals surface area contributed by atoms with Crippen LogP contribution in [0, 0.1) is 23.7 Å². The number of ether oxygens (including phenoxy) is 1. The maximum Gasteiger partial charge on any atom is 0.317 e. The van der Waals surface area contributed by atoms with Gasteiger partial charge in [0, 0.05) is 32.2 Å². The fourth-order valence-electron chi connectivity index (χ4n) is 5.77. The number of piperazine rings is 1. The van der Waals surface area contributed by atoms with Crippen LogP contribution in [0.1, 0.15) is 12.8 Å². The van der Waals surface area contributed by atoms with Crippen molar-refractivity contribution in [1.82, 2.24) is 15.1 Å². The summed E-state index contributed by atoms with van der Waals surface area (Å²) in [4.78, 5) is 29.0. The van der Waals surface area contributed by atoms with Crippen molar-refractivity contribution in [2.24, 2.45) is 23.7 Å². The summed E-state index contributed by atoms with van der Waals surface area (Å²) in [5.41, 5.74) is 0.682. The smallest absolute Gasteiger partial charge is 0.317 e. The van der Waals surface area contributed by atoms with Crippen molar-refractivity contribution in [3.05, 3.63) is 24.3 Å². The molecule has 7 heteroatoms. The molecule has 0 aromatic heterocycles. The van der Waals surface area contributed by atoms with E-state index in [9.17, 15) is 9.59 Å². The van der Waals surface area contributed by atoms with E-state index >= 15 is 0 Å². The largest absolute Gasteiger partial charge is 0.495 e. The minimum atomic E-state index is -0.0621. The second kappa shape index (κ2) is 6.95. The highest BCUT2D eigenvalue weighted by Gasteiger charge is 2.68. The summed E-state index contributed by atoms with van der Waals surface area (Å²) in [6, 6.07) is 7.90. The average Bonchev–Trinajstić information content (AvgIpc) is 3.03. The Bertz CT molecular complexity index is 763. The quantitative estimate of drug-likeness (QED) is 0.809. The minimum Gasteiger partial charge on any atom is -0.495 e. The number of urea groups is 1. The number of nitrogens with one attached hydrogen (secondary N) is 2. The van der Waals surface area contributed by atoms with Crippen LogP contribution in [0.5, 0.6) is 5.75 Å². The zero-order valence-electron chi connectivity index (χ0n) is 16.3. The van der Waals surface area contributed by atoms with E-state index in [-0.39, 0.29) is 11.9 Å². The predicted molar refractivity (Wildman–Crippen MR) is 105 cm³/mol. The number of benzene rings is 1. The minimum absolute atomic E-state index is 0.0621. The molecule has 4 aliphatic carbocycles. The Morgan fingerprint density at radius 2 is 1.82 bits per heavy atom. The number of carbonyl (C=O) groups excluding carboxylic acids is 2. The van der Waals surface area contributed by atoms with Gasteiger partial charge in [0.15, 0.2) is 0 Å². The molecule has 2 N–H and O–H groups in total. The maximum absolute atomic E-state index is 12.6. The molecule has 4 saturated carbocycles. The number of carbonyl (C=O) groups is 2. The molecule has 7 nitrogen and oxygen atoms in total. The molecule has 5 fully saturated rings. The summed E-state index contributed by atoms with van der Waals surface area (Å²) in [6.45, 7) is 3.10. The van der Waals surface area contributed by atoms with Crippen molar-refractivity contribution in [1.29, 1.82) is 0 Å². The lowest BCUT2D eigenvalue weighted by molar-refractivity contribution is -0.117. The molecule has 0 radical (unpaired) electrons. The van der Waals surface area contributed by atoms with Crippen LogP contribution < -0.4 is 15.4 Å². The van der Waals surface area contributed by atoms with E-state index in [0.717, 1.165) is 36.8 Å². The number of methoxy groups -OCH3 is 1. The number of para-hydroxylation sites is 2. The van der Waals surface area contributed by atoms with Crippen molar-refractivity contribution < 1.29 is 14.3 Å². The standard InChI is InChI=1S/C21H28N4O3/c1-28-17-5-3-2-4-16(17)22-18(26)12-24-6-8-25(9-7-24)21(27)23-20-13-10-14-15(11-13)19(14)20/h2-5,13-15,19-20H,6-12H2,1H3,(H,22,26)(H,23,27). The molecule has 1 aromatic rings. The summed E-state index contributed by atoms with van der Waals surface area (Å²) in [5, 5.41) is 6.22. The lowest BCUT2D eigenvalue weighted by Gasteiger charge is -2.35. The summed E-state index contributed by atoms with van der Waals surface area (Å²) in [6.07, 6.45) is 2.66. The van der Waals surface area contributed by atoms with E-state index in [1.165, 1.54) is 12.8 Å². The topological polar surface area (TPSA) is 73.9 Å². The van der Waals surface area contributed by atoms with Gasteiger partial charge in [-0.15, -0.1) is 0 Å². The van der Waals surface area contributed by atoms with Crippen molar-refractivity contribution in [2.75, 3.05) is 45.2 Å². The van der Waals surface area contributed by atoms with Gasteiger partial charge in [-0.2, -0.15) is 0 Å². The van der Waals surface area contributed by atoms with Crippen molar-refractivity contribution in [3.63, 3.8) is 0 Å². The Kier molecular flexibility index (Phi) is 4.42. The highest BCUT2D eigenvalue weighted by molar-refractivity contribution is 5.93. The molecule has 5 aliphatic rings. The summed E-state index contributed by atoms with van der Waals surface area (Å²) in [5.74, 6) is 3.91. The first-order chi connectivity index (χ1) is 13.6. The molecular weight excluding hydrogens is 356 g/mol. The van der Waals surface area contributed by atoms with E-state index in [1.807, 2.05) is 29.2 Å². The van der Waals surface area contributed by atoms with Crippen LogP contribution in [0.2, 0.25) is 0 Å². The van der Waals surface area contributed by atoms with Gasteiger partial charge >= 0.3 is 6.03 Å². The lowest BCUT2D eigenvalue weighted by Crippen LogP contribution is -2.54. The average molecular weight is 384 g/mol. The summed E-state index contributed by atoms with van der Waals surface area (Å²) < 4.78 is 5.27. The van der Waals surface area contributed by atoms with Gasteiger partial charge in [0.25, 0.3) is 0 Å². The first kappa shape index (κ1) is 17.8. The van der Waals surface area contributed by atoms with E-state index in [4.69, 9.17) is 4.74 Å². The number of anilines is 1. The van der Waals surface area contributed by atoms with Crippen molar-refractivity contribution >= 4 is 17.6 Å². The van der Waals surface area contributed by atoms with Gasteiger partial charge in [0.1, 0.15) is 5.75 Å². The third kappa shape index (κ3) is 3.11. The zero-order chi connectivity index (χ0) is 19.3. The van der Waals surface area contributed by atoms with E-state index in [0.29, 0.717) is 37.1 Å². The first-order valence-electron chi connectivity index (χ1n) is 10.3. The number of amides is 3. The second-order valence-electron chi connectivity index (χ2n) is 8.62. The van der Waals surface area contributed by atoms with Crippen LogP contribution >= 0.6 is 0 Å². The molecule has 6 rings (SSSR count). The monoisotopic (exact) mass is 384 g/mol. The SMILES string of the molecule is COc1ccccc1NC(=O)CN1CCN(C(=O)NC2C3CC4C(C3)C42)CC1. The molecule has 1 saturated heterocycles. The molecule has 150 valence electrons. The Morgan fingerprint density at radius 1 is 1.11 bits per heavy atom. The highest BCUT2D eigenvalue weighted by atomic mass is 16.5. The summed E-state index contributed by atoms with van der Waals surface area (Å²) in [7, 11) is 1.59. The normalized spacial score (nSPS) is 32.9. The molecule has 4 bridgehead atoms. The Morgan fingerprint density at radius 3 is 2.46 bits per heavy atom. The fraction of sp³-hybridized carbons (Fsp3) is 0.619. The second-order valence-corrected chi connectivity index (χ2v) is 8.62. The van der Waals surface area contributed by atoms with Crippen LogP contribution in [0.3, 0.4) is 0 Å². The number of nitrogens with zero attached hydrogens (tertiary/aromatic N) is 2. The predicted octanol–water partition coefficient (Wildman–Crippen LogP) is 1.62. The van der Waals surface area contributed by atoms with Gasteiger partial charge in [-0.1, -0.05) is 12.1 Å². The van der Waals surface area contributed by atoms with Crippen LogP contribution in [0.25, 0.3) is 0 Å². The molecule has 1 heterocycles. The van der Waals surface area contributed by atoms with E-state index in [2.05, 4.69) is 15.5 Å². The van der Waals surface area contributed by atoms with Gasteiger partial charge in [-0.25, -0.2) is 4.79 Å². The molecule has 3 atom stereocenters. The van der Waals surface area contributed by atoms with E-state index < -0.39 is 0 Å². The number of hydrogen-bond donors (Lipinski definition) is 2. The van der Waals surface area contributed by atoms with Gasteiger partial charge in [0.2, 0.25) is 5.91 Å². The van der Waals surface area contributed by atoms with Crippen LogP contribution in [-0.2, 0) is 4.79 Å². The van der Waals surface area contributed by atoms with Crippen LogP contribution in [-0.4, -0.2) is 67.6 Å². The van der Waals surface area contributed by atoms with Crippen molar-refractivity contribution in [3.8, 4) is 5.75 Å². The molecule has 1 aromatic carbocycles. The van der Waals surface area contributed by atoms with Gasteiger partial charge < -0.3 is 20.3 Å². The Labute approximate surface area is 165 Å². The Balaban J connectivity index is 1.07. The first-order valence-corrected chi connectivity index (χ1v) is 10.3. The van der Waals surface area contributed by atoms with E-state index in [1.54, 1.807) is 7.11 Å². The number of rotatable bonds is 5. The zero-order valence-corrected chi connectivity index (χ0v) is 16.3. The van der Waals surface area contributed by atoms with Gasteiger partial charge in [-0.3, -0.25) is 9.69 Å². The third-order valence-electron chi connectivity index (χ3n) is 7.17. The third-order valence-corrected chi connectivity index (χ3v) is 7.17. The fourth-order valence-corrected chi connectivity index (χ4v) is 5.77. The summed E-state index contributed by atoms with van der Waals surface area (Å²) >= 11 is 0. The van der Waals surface area contributed by atoms with Crippen molar-refractivity contribution in [2.45, 2.75) is 18.9 Å². The van der Waals surface area contributed by atoms with Crippen LogP contribution in [0.15, 0.2) is 24.3 Å². The molecule has 28 heavy (non-hydrogen) atoms. The lowest BCUT2D eigenvalue weighted by atomic mass is 10.1. The maximum atomic E-state index is 12.6. The number of hydrogen-bond acceptors (Lipinski definition) is 4. The molecule has 1 aliphatic heterocycles. The van der Waals surface area contributed by atoms with Gasteiger partial charge in [-0.05, 0) is 48.6 Å². The molecule has 3 amide bonds. The molecule has 0 spiro atoms. The Hall–Kier alpha value is -2.28. The highest BCUT2D eigenvalue weighted by Crippen LogP contribution is 2.70. The van der Waals surface area contributed by atoms with Crippen LogP contribution in [0.4, 0.5) is 10.5 Å². The van der Waals surface area contributed by atoms with Gasteiger partial charge in [0.05, 0.1) is 19.3 Å². The molecular formula is C21H28N4O3.